The van der Waals surface area contributed by atoms with Crippen LogP contribution >= 0.6 is 0 Å². The molecule has 0 fully saturated rings. The first kappa shape index (κ1) is 12.6. The zero-order chi connectivity index (χ0) is 12.1. The minimum Gasteiger partial charge on any atom is -0.389 e. The van der Waals surface area contributed by atoms with Crippen molar-refractivity contribution in [1.29, 1.82) is 5.26 Å². The lowest BCUT2D eigenvalue weighted by Crippen LogP contribution is -2.17. The van der Waals surface area contributed by atoms with E-state index in [9.17, 15) is 14.6 Å². The topological polar surface area (TPSA) is 90.3 Å². The van der Waals surface area contributed by atoms with Crippen LogP contribution in [0, 0.1) is 17.1 Å². The van der Waals surface area contributed by atoms with Gasteiger partial charge in [-0.15, -0.1) is 0 Å². The lowest BCUT2D eigenvalue weighted by Gasteiger charge is -2.16. The third-order valence-electron chi connectivity index (χ3n) is 2.30. The van der Waals surface area contributed by atoms with Crippen molar-refractivity contribution in [2.45, 2.75) is 25.2 Å². The van der Waals surface area contributed by atoms with Crippen LogP contribution in [0.5, 0.6) is 0 Å². The van der Waals surface area contributed by atoms with E-state index >= 15 is 0 Å². The highest BCUT2D eigenvalue weighted by atomic mass is 19.1. The van der Waals surface area contributed by atoms with E-state index in [0.29, 0.717) is 5.56 Å². The van der Waals surface area contributed by atoms with Crippen LogP contribution in [0.4, 0.5) is 4.39 Å². The maximum absolute atomic E-state index is 13.3. The maximum Gasteiger partial charge on any atom is 0.128 e. The molecule has 0 amide bonds. The molecule has 4 nitrogen and oxygen atoms in total. The Balaban J connectivity index is 2.89. The van der Waals surface area contributed by atoms with Crippen LogP contribution in [0.15, 0.2) is 18.2 Å². The smallest absolute Gasteiger partial charge is 0.128 e. The Morgan fingerprint density at radius 2 is 2.12 bits per heavy atom. The van der Waals surface area contributed by atoms with Crippen LogP contribution in [0.25, 0.3) is 0 Å². The van der Waals surface area contributed by atoms with E-state index < -0.39 is 18.0 Å². The first-order chi connectivity index (χ1) is 7.60. The van der Waals surface area contributed by atoms with E-state index in [1.165, 1.54) is 12.1 Å². The number of hydrogen-bond acceptors (Lipinski definition) is 4. The van der Waals surface area contributed by atoms with Gasteiger partial charge in [0.1, 0.15) is 11.9 Å². The fourth-order valence-electron chi connectivity index (χ4n) is 1.34. The van der Waals surface area contributed by atoms with Gasteiger partial charge in [-0.2, -0.15) is 5.26 Å². The van der Waals surface area contributed by atoms with Crippen molar-refractivity contribution < 1.29 is 14.6 Å². The van der Waals surface area contributed by atoms with E-state index in [2.05, 4.69) is 0 Å². The number of hydrogen-bond donors (Lipinski definition) is 3. The van der Waals surface area contributed by atoms with Crippen LogP contribution in [0.1, 0.15) is 23.7 Å². The lowest BCUT2D eigenvalue weighted by atomic mass is 10.0. The molecule has 0 spiro atoms. The van der Waals surface area contributed by atoms with Gasteiger partial charge in [0.25, 0.3) is 0 Å². The first-order valence-electron chi connectivity index (χ1n) is 4.81. The minimum atomic E-state index is -1.26. The van der Waals surface area contributed by atoms with Gasteiger partial charge in [-0.3, -0.25) is 0 Å². The van der Waals surface area contributed by atoms with Crippen LogP contribution < -0.4 is 5.73 Å². The summed E-state index contributed by atoms with van der Waals surface area (Å²) in [5.41, 5.74) is 5.86. The third-order valence-corrected chi connectivity index (χ3v) is 2.30. The largest absolute Gasteiger partial charge is 0.389 e. The zero-order valence-electron chi connectivity index (χ0n) is 8.60. The summed E-state index contributed by atoms with van der Waals surface area (Å²) in [7, 11) is 0. The van der Waals surface area contributed by atoms with Gasteiger partial charge in [0.05, 0.1) is 18.6 Å². The van der Waals surface area contributed by atoms with Gasteiger partial charge in [0.15, 0.2) is 0 Å². The molecule has 2 atom stereocenters. The normalized spacial score (nSPS) is 14.2. The zero-order valence-corrected chi connectivity index (χ0v) is 8.60. The van der Waals surface area contributed by atoms with Crippen molar-refractivity contribution in [3.8, 4) is 6.07 Å². The van der Waals surface area contributed by atoms with Crippen molar-refractivity contribution in [2.75, 3.05) is 0 Å². The Bertz CT molecular complexity index is 403. The number of aliphatic hydroxyl groups excluding tert-OH is 2. The molecule has 4 N–H and O–H groups in total. The number of aliphatic hydroxyl groups is 2. The van der Waals surface area contributed by atoms with Gasteiger partial charge in [-0.25, -0.2) is 4.39 Å². The molecule has 0 saturated carbocycles. The molecule has 5 heteroatoms. The van der Waals surface area contributed by atoms with E-state index in [1.807, 2.05) is 0 Å². The fourth-order valence-corrected chi connectivity index (χ4v) is 1.34. The van der Waals surface area contributed by atoms with E-state index in [4.69, 9.17) is 11.0 Å². The summed E-state index contributed by atoms with van der Waals surface area (Å²) >= 11 is 0. The van der Waals surface area contributed by atoms with Crippen LogP contribution in [0.2, 0.25) is 0 Å². The Morgan fingerprint density at radius 1 is 1.44 bits per heavy atom. The van der Waals surface area contributed by atoms with E-state index in [0.717, 1.165) is 6.07 Å². The predicted molar refractivity (Wildman–Crippen MR) is 55.5 cm³/mol. The van der Waals surface area contributed by atoms with Crippen molar-refractivity contribution in [1.82, 2.24) is 0 Å². The number of nitrogens with two attached hydrogens (primary N) is 1. The summed E-state index contributed by atoms with van der Waals surface area (Å²) in [6, 6.07) is 5.78. The van der Waals surface area contributed by atoms with E-state index in [1.54, 1.807) is 6.07 Å². The molecule has 16 heavy (non-hydrogen) atoms. The van der Waals surface area contributed by atoms with Gasteiger partial charge in [-0.05, 0) is 11.6 Å². The molecule has 1 aromatic carbocycles. The lowest BCUT2D eigenvalue weighted by molar-refractivity contribution is 0.0214. The maximum atomic E-state index is 13.3. The molecule has 0 aliphatic heterocycles. The second kappa shape index (κ2) is 5.56. The molecule has 1 rings (SSSR count). The summed E-state index contributed by atoms with van der Waals surface area (Å²) in [5.74, 6) is -0.525. The number of rotatable bonds is 4. The Morgan fingerprint density at radius 3 is 2.62 bits per heavy atom. The third kappa shape index (κ3) is 2.76. The number of halogens is 1. The fraction of sp³-hybridized carbons (Fsp3) is 0.364. The van der Waals surface area contributed by atoms with Gasteiger partial charge in [0, 0.05) is 12.1 Å². The Labute approximate surface area is 92.7 Å². The molecule has 0 heterocycles. The molecule has 86 valence electrons. The Kier molecular flexibility index (Phi) is 4.38. The average Bonchev–Trinajstić information content (AvgIpc) is 2.28. The first-order valence-corrected chi connectivity index (χ1v) is 4.81. The summed E-state index contributed by atoms with van der Waals surface area (Å²) in [6.45, 7) is 0.0724. The van der Waals surface area contributed by atoms with E-state index in [-0.39, 0.29) is 18.5 Å². The van der Waals surface area contributed by atoms with Gasteiger partial charge in [0.2, 0.25) is 0 Å². The summed E-state index contributed by atoms with van der Waals surface area (Å²) in [6.07, 6.45) is -2.68. The van der Waals surface area contributed by atoms with Gasteiger partial charge >= 0.3 is 0 Å². The molecular formula is C11H13FN2O2. The highest BCUT2D eigenvalue weighted by Gasteiger charge is 2.18. The predicted octanol–water partition coefficient (Wildman–Crippen LogP) is 0.592. The number of nitrogens with zero attached hydrogens (tertiary/aromatic N) is 1. The average molecular weight is 224 g/mol. The highest BCUT2D eigenvalue weighted by molar-refractivity contribution is 5.26. The minimum absolute atomic E-state index is 0.0724. The molecule has 0 aromatic heterocycles. The number of benzene rings is 1. The van der Waals surface area contributed by atoms with Gasteiger partial charge in [-0.1, -0.05) is 12.1 Å². The number of nitriles is 1. The summed E-state index contributed by atoms with van der Waals surface area (Å²) in [5, 5.41) is 27.3. The molecule has 0 radical (unpaired) electrons. The highest BCUT2D eigenvalue weighted by Crippen LogP contribution is 2.21. The molecular weight excluding hydrogens is 211 g/mol. The summed E-state index contributed by atoms with van der Waals surface area (Å²) < 4.78 is 13.3. The standard InChI is InChI=1S/C11H13FN2O2/c12-9-5-7(1-2-8(9)6-14)11(16)10(15)3-4-13/h1-2,5,10-11,15-16H,3,6,14H2. The van der Waals surface area contributed by atoms with Crippen molar-refractivity contribution in [3.05, 3.63) is 35.1 Å². The second-order valence-electron chi connectivity index (χ2n) is 3.43. The molecule has 1 aromatic rings. The monoisotopic (exact) mass is 224 g/mol. The van der Waals surface area contributed by atoms with Crippen molar-refractivity contribution in [3.63, 3.8) is 0 Å². The van der Waals surface area contributed by atoms with Crippen molar-refractivity contribution >= 4 is 0 Å². The van der Waals surface area contributed by atoms with Crippen molar-refractivity contribution in [2.24, 2.45) is 5.73 Å². The molecule has 0 aliphatic rings. The van der Waals surface area contributed by atoms with Gasteiger partial charge < -0.3 is 15.9 Å². The SMILES string of the molecule is N#CCC(O)C(O)c1ccc(CN)c(F)c1. The molecule has 0 aliphatic carbocycles. The summed E-state index contributed by atoms with van der Waals surface area (Å²) in [4.78, 5) is 0. The quantitative estimate of drug-likeness (QED) is 0.698. The molecule has 0 saturated heterocycles. The second-order valence-corrected chi connectivity index (χ2v) is 3.43. The molecule has 2 unspecified atom stereocenters. The van der Waals surface area contributed by atoms with Crippen LogP contribution in [-0.2, 0) is 6.54 Å². The van der Waals surface area contributed by atoms with Crippen LogP contribution in [0.3, 0.4) is 0 Å². The molecule has 0 bridgehead atoms. The van der Waals surface area contributed by atoms with Crippen LogP contribution in [-0.4, -0.2) is 16.3 Å². The Hall–Kier alpha value is -1.48.